The first kappa shape index (κ1) is 35.7. The van der Waals surface area contributed by atoms with Crippen molar-refractivity contribution in [2.75, 3.05) is 65.3 Å². The monoisotopic (exact) mass is 712 g/mol. The van der Waals surface area contributed by atoms with Gasteiger partial charge in [0.15, 0.2) is 23.1 Å². The number of imidazole rings is 1. The predicted octanol–water partition coefficient (Wildman–Crippen LogP) is 5.60. The number of rotatable bonds is 13. The number of nitrogens with zero attached hydrogens (tertiary/aromatic N) is 6. The summed E-state index contributed by atoms with van der Waals surface area (Å²) in [6.45, 7) is 11.3. The Morgan fingerprint density at radius 2 is 1.83 bits per heavy atom. The van der Waals surface area contributed by atoms with Crippen LogP contribution in [0.5, 0.6) is 0 Å². The highest BCUT2D eigenvalue weighted by molar-refractivity contribution is 5.96. The molecular weight excluding hydrogens is 664 g/mol. The third-order valence-corrected chi connectivity index (χ3v) is 10.8. The summed E-state index contributed by atoms with van der Waals surface area (Å²) in [6.07, 6.45) is 9.39. The molecule has 1 amide bonds. The van der Waals surface area contributed by atoms with Gasteiger partial charge in [-0.2, -0.15) is 5.10 Å². The minimum Gasteiger partial charge on any atom is -0.383 e. The number of ether oxygens (including phenoxy) is 1. The molecule has 2 aromatic carbocycles. The molecule has 2 saturated heterocycles. The third kappa shape index (κ3) is 7.30. The smallest absolute Gasteiger partial charge is 0.251 e. The quantitative estimate of drug-likeness (QED) is 0.136. The third-order valence-electron chi connectivity index (χ3n) is 10.8. The van der Waals surface area contributed by atoms with Crippen LogP contribution in [-0.4, -0.2) is 94.6 Å². The van der Waals surface area contributed by atoms with Crippen molar-refractivity contribution in [3.05, 3.63) is 83.6 Å². The molecular formula is C39H48F2N9O2+. The fourth-order valence-corrected chi connectivity index (χ4v) is 7.63. The van der Waals surface area contributed by atoms with Gasteiger partial charge < -0.3 is 25.2 Å². The van der Waals surface area contributed by atoms with Crippen LogP contribution in [-0.2, 0) is 17.7 Å². The number of carbonyl (C=O) groups excluding carboxylic acids is 1. The molecule has 7 rings (SSSR count). The van der Waals surface area contributed by atoms with Gasteiger partial charge in [0.2, 0.25) is 0 Å². The molecule has 5 aromatic rings. The molecule has 274 valence electrons. The van der Waals surface area contributed by atoms with Gasteiger partial charge in [0.05, 0.1) is 57.4 Å². The van der Waals surface area contributed by atoms with E-state index in [0.717, 1.165) is 60.7 Å². The van der Waals surface area contributed by atoms with Gasteiger partial charge in [-0.3, -0.25) is 13.9 Å². The van der Waals surface area contributed by atoms with E-state index in [-0.39, 0.29) is 17.0 Å². The highest BCUT2D eigenvalue weighted by Gasteiger charge is 2.34. The summed E-state index contributed by atoms with van der Waals surface area (Å²) in [5.41, 5.74) is 4.48. The maximum absolute atomic E-state index is 15.7. The largest absolute Gasteiger partial charge is 0.383 e. The second kappa shape index (κ2) is 15.1. The van der Waals surface area contributed by atoms with Gasteiger partial charge in [0.25, 0.3) is 5.91 Å². The van der Waals surface area contributed by atoms with Crippen molar-refractivity contribution in [2.24, 2.45) is 11.8 Å². The molecule has 2 aliphatic rings. The molecule has 0 spiro atoms. The minimum absolute atomic E-state index is 0.0553. The first-order valence-corrected chi connectivity index (χ1v) is 18.2. The van der Waals surface area contributed by atoms with Crippen LogP contribution in [0.25, 0.3) is 28.0 Å². The zero-order valence-electron chi connectivity index (χ0n) is 30.4. The number of benzene rings is 2. The number of likely N-dealkylation sites (tertiary alicyclic amines) is 1. The van der Waals surface area contributed by atoms with E-state index in [1.165, 1.54) is 12.7 Å². The van der Waals surface area contributed by atoms with Crippen molar-refractivity contribution < 1.29 is 22.8 Å². The first-order valence-electron chi connectivity index (χ1n) is 18.2. The topological polar surface area (TPSA) is 110 Å². The van der Waals surface area contributed by atoms with Gasteiger partial charge in [0, 0.05) is 92.0 Å². The minimum atomic E-state index is -0.973. The van der Waals surface area contributed by atoms with E-state index in [0.29, 0.717) is 66.0 Å². The standard InChI is InChI=1S/C39H47F2N9O2/c1-5-28-18-29(6-7-30(28)39(51)45-21-26-10-15-50(3,16-11-26)24-27-19-42-20-27)46-37-38-44-22-34(49(38)13-12-43-37)32-9-8-31(35(40)36(32)41)33-23-48(14-17-52-4)47-25(33)2/h6-9,12-13,18,22-23,26-27,42H,5,10-11,14-17,19-21,24H2,1-4H3,(H-,43,45,46,51)/p+1. The zero-order chi connectivity index (χ0) is 36.4. The Balaban J connectivity index is 1.03. The molecule has 2 fully saturated rings. The van der Waals surface area contributed by atoms with Gasteiger partial charge in [-0.1, -0.05) is 13.0 Å². The van der Waals surface area contributed by atoms with Crippen LogP contribution in [0.1, 0.15) is 41.4 Å². The zero-order valence-corrected chi connectivity index (χ0v) is 30.4. The number of hydrogen-bond donors (Lipinski definition) is 3. The number of piperidine rings is 1. The number of nitrogens with one attached hydrogen (secondary N) is 3. The first-order chi connectivity index (χ1) is 25.2. The van der Waals surface area contributed by atoms with Crippen LogP contribution in [0.3, 0.4) is 0 Å². The normalized spacial score (nSPS) is 19.2. The van der Waals surface area contributed by atoms with E-state index in [4.69, 9.17) is 4.74 Å². The number of halogens is 2. The lowest BCUT2D eigenvalue weighted by atomic mass is 9.92. The molecule has 2 aliphatic heterocycles. The Morgan fingerprint density at radius 3 is 2.56 bits per heavy atom. The van der Waals surface area contributed by atoms with Crippen LogP contribution in [0, 0.1) is 30.4 Å². The van der Waals surface area contributed by atoms with Gasteiger partial charge >= 0.3 is 0 Å². The average Bonchev–Trinajstić information content (AvgIpc) is 3.73. The number of anilines is 2. The number of aromatic nitrogens is 5. The van der Waals surface area contributed by atoms with Crippen LogP contribution in [0.2, 0.25) is 0 Å². The van der Waals surface area contributed by atoms with E-state index in [1.54, 1.807) is 53.8 Å². The maximum Gasteiger partial charge on any atom is 0.251 e. The van der Waals surface area contributed by atoms with Crippen molar-refractivity contribution >= 4 is 23.1 Å². The summed E-state index contributed by atoms with van der Waals surface area (Å²) < 4.78 is 40.9. The molecule has 3 aromatic heterocycles. The summed E-state index contributed by atoms with van der Waals surface area (Å²) >= 11 is 0. The number of fused-ring (bicyclic) bond motifs is 1. The Labute approximate surface area is 303 Å². The van der Waals surface area contributed by atoms with Crippen LogP contribution in [0.4, 0.5) is 20.3 Å². The molecule has 11 nitrogen and oxygen atoms in total. The lowest BCUT2D eigenvalue weighted by molar-refractivity contribution is -0.918. The lowest BCUT2D eigenvalue weighted by Crippen LogP contribution is -2.58. The number of carbonyl (C=O) groups is 1. The second-order valence-corrected chi connectivity index (χ2v) is 14.6. The van der Waals surface area contributed by atoms with Crippen molar-refractivity contribution in [1.29, 1.82) is 0 Å². The van der Waals surface area contributed by atoms with Crippen molar-refractivity contribution in [3.63, 3.8) is 0 Å². The molecule has 0 saturated carbocycles. The molecule has 0 unspecified atom stereocenters. The fourth-order valence-electron chi connectivity index (χ4n) is 7.63. The van der Waals surface area contributed by atoms with E-state index in [2.05, 4.69) is 38.1 Å². The highest BCUT2D eigenvalue weighted by atomic mass is 19.2. The molecule has 5 heterocycles. The van der Waals surface area contributed by atoms with Crippen molar-refractivity contribution in [1.82, 2.24) is 34.8 Å². The van der Waals surface area contributed by atoms with E-state index < -0.39 is 11.6 Å². The Hall–Kier alpha value is -4.72. The predicted molar refractivity (Wildman–Crippen MR) is 197 cm³/mol. The molecule has 13 heteroatoms. The van der Waals surface area contributed by atoms with Crippen LogP contribution < -0.4 is 16.0 Å². The summed E-state index contributed by atoms with van der Waals surface area (Å²) in [4.78, 5) is 22.4. The number of amides is 1. The summed E-state index contributed by atoms with van der Waals surface area (Å²) in [5.74, 6) is -0.246. The van der Waals surface area contributed by atoms with Gasteiger partial charge in [-0.05, 0) is 49.1 Å². The average molecular weight is 713 g/mol. The van der Waals surface area contributed by atoms with Gasteiger partial charge in [-0.15, -0.1) is 0 Å². The maximum atomic E-state index is 15.7. The number of quaternary nitrogens is 1. The number of hydrogen-bond acceptors (Lipinski definition) is 7. The van der Waals surface area contributed by atoms with E-state index >= 15 is 8.78 Å². The van der Waals surface area contributed by atoms with E-state index in [1.807, 2.05) is 25.1 Å². The fraction of sp³-hybridized carbons (Fsp3) is 0.436. The molecule has 0 atom stereocenters. The molecule has 0 bridgehead atoms. The van der Waals surface area contributed by atoms with Crippen molar-refractivity contribution in [3.8, 4) is 22.4 Å². The number of aryl methyl sites for hydroxylation is 2. The molecule has 3 N–H and O–H groups in total. The molecule has 0 aliphatic carbocycles. The second-order valence-electron chi connectivity index (χ2n) is 14.6. The number of methoxy groups -OCH3 is 1. The summed E-state index contributed by atoms with van der Waals surface area (Å²) in [5, 5.41) is 14.3. The molecule has 0 radical (unpaired) electrons. The Kier molecular flexibility index (Phi) is 10.4. The summed E-state index contributed by atoms with van der Waals surface area (Å²) in [7, 11) is 3.98. The van der Waals surface area contributed by atoms with Crippen LogP contribution >= 0.6 is 0 Å². The van der Waals surface area contributed by atoms with Gasteiger partial charge in [0.1, 0.15) is 0 Å². The summed E-state index contributed by atoms with van der Waals surface area (Å²) in [6, 6.07) is 8.79. The van der Waals surface area contributed by atoms with Gasteiger partial charge in [-0.25, -0.2) is 18.7 Å². The highest BCUT2D eigenvalue weighted by Crippen LogP contribution is 2.34. The Morgan fingerprint density at radius 1 is 1.06 bits per heavy atom. The molecule has 52 heavy (non-hydrogen) atoms. The van der Waals surface area contributed by atoms with Crippen LogP contribution in [0.15, 0.2) is 55.1 Å². The lowest BCUT2D eigenvalue weighted by Gasteiger charge is -2.44. The SMILES string of the molecule is CCc1cc(Nc2nccn3c(-c4ccc(-c5cn(CCOC)nc5C)c(F)c4F)cnc23)ccc1C(=O)NCC1CC[N+](C)(CC2CNC2)CC1. The van der Waals surface area contributed by atoms with E-state index in [9.17, 15) is 4.79 Å². The Bertz CT molecular complexity index is 2060. The van der Waals surface area contributed by atoms with Crippen molar-refractivity contribution in [2.45, 2.75) is 39.7 Å².